The van der Waals surface area contributed by atoms with Crippen LogP contribution < -0.4 is 0 Å². The summed E-state index contributed by atoms with van der Waals surface area (Å²) >= 11 is 8.41. The van der Waals surface area contributed by atoms with Crippen molar-refractivity contribution in [2.24, 2.45) is 0 Å². The first-order valence-corrected chi connectivity index (χ1v) is 4.98. The molecule has 0 aromatic carbocycles. The summed E-state index contributed by atoms with van der Waals surface area (Å²) in [6.07, 6.45) is 1.82. The molecule has 0 bridgehead atoms. The topological polar surface area (TPSA) is 12.9 Å². The van der Waals surface area contributed by atoms with Crippen molar-refractivity contribution >= 4 is 43.2 Å². The molecule has 0 aliphatic rings. The van der Waals surface area contributed by atoms with Crippen LogP contribution >= 0.6 is 43.2 Å². The van der Waals surface area contributed by atoms with Gasteiger partial charge >= 0.3 is 0 Å². The quantitative estimate of drug-likeness (QED) is 0.713. The molecule has 4 heteroatoms. The van der Waals surface area contributed by atoms with E-state index in [4.69, 9.17) is 0 Å². The molecule has 0 fully saturated rings. The minimum atomic E-state index is 0.369. The van der Waals surface area contributed by atoms with Gasteiger partial charge in [0.05, 0.1) is 14.8 Å². The molecule has 0 saturated carbocycles. The number of nitrogens with zero attached hydrogens (tertiary/aromatic N) is 1. The number of halogens is 2. The summed E-state index contributed by atoms with van der Waals surface area (Å²) in [5.41, 5.74) is 0. The van der Waals surface area contributed by atoms with Gasteiger partial charge in [0.2, 0.25) is 0 Å². The normalized spacial score (nSPS) is 13.7. The minimum absolute atomic E-state index is 0.369. The zero-order valence-corrected chi connectivity index (χ0v) is 8.75. The van der Waals surface area contributed by atoms with Gasteiger partial charge in [-0.15, -0.1) is 11.3 Å². The maximum atomic E-state index is 4.14. The van der Waals surface area contributed by atoms with E-state index in [1.165, 1.54) is 0 Å². The van der Waals surface area contributed by atoms with Crippen molar-refractivity contribution in [2.45, 2.75) is 11.8 Å². The molecule has 0 radical (unpaired) electrons. The van der Waals surface area contributed by atoms with Crippen LogP contribution in [0.25, 0.3) is 0 Å². The molecule has 1 aromatic heterocycles. The lowest BCUT2D eigenvalue weighted by molar-refractivity contribution is 1.08. The van der Waals surface area contributed by atoms with E-state index in [0.717, 1.165) is 8.79 Å². The molecule has 1 unspecified atom stereocenters. The number of hydrogen-bond acceptors (Lipinski definition) is 2. The summed E-state index contributed by atoms with van der Waals surface area (Å²) in [4.78, 5) is 4.51. The molecule has 1 rings (SSSR count). The molecule has 0 amide bonds. The second-order valence-corrected chi connectivity index (χ2v) is 5.43. The van der Waals surface area contributed by atoms with E-state index < -0.39 is 0 Å². The van der Waals surface area contributed by atoms with E-state index in [9.17, 15) is 0 Å². The number of alkyl halides is 1. The predicted molar refractivity (Wildman–Crippen MR) is 47.2 cm³/mol. The highest BCUT2D eigenvalue weighted by molar-refractivity contribution is 9.11. The fraction of sp³-hybridized carbons (Fsp3) is 0.400. The van der Waals surface area contributed by atoms with Crippen LogP contribution in [0.5, 0.6) is 0 Å². The largest absolute Gasteiger partial charge is 0.247 e. The fourth-order valence-electron chi connectivity index (χ4n) is 0.451. The van der Waals surface area contributed by atoms with Crippen molar-refractivity contribution in [3.63, 3.8) is 0 Å². The molecule has 0 N–H and O–H groups in total. The zero-order valence-electron chi connectivity index (χ0n) is 4.77. The number of rotatable bonds is 1. The Labute approximate surface area is 74.8 Å². The van der Waals surface area contributed by atoms with Gasteiger partial charge in [0.1, 0.15) is 5.01 Å². The van der Waals surface area contributed by atoms with Crippen molar-refractivity contribution in [3.05, 3.63) is 15.0 Å². The van der Waals surface area contributed by atoms with Gasteiger partial charge in [-0.2, -0.15) is 0 Å². The highest BCUT2D eigenvalue weighted by Crippen LogP contribution is 2.28. The molecule has 1 aromatic rings. The third-order valence-corrected chi connectivity index (χ3v) is 3.23. The van der Waals surface area contributed by atoms with E-state index in [0.29, 0.717) is 4.83 Å². The Morgan fingerprint density at radius 1 is 1.78 bits per heavy atom. The monoisotopic (exact) mass is 269 g/mol. The smallest absolute Gasteiger partial charge is 0.107 e. The minimum Gasteiger partial charge on any atom is -0.247 e. The molecule has 0 spiro atoms. The summed E-state index contributed by atoms with van der Waals surface area (Å²) < 4.78 is 1.09. The van der Waals surface area contributed by atoms with Crippen LogP contribution in [0.3, 0.4) is 0 Å². The SMILES string of the molecule is CC(Br)c1ncc(Br)s1. The maximum absolute atomic E-state index is 4.14. The second-order valence-electron chi connectivity index (χ2n) is 1.62. The van der Waals surface area contributed by atoms with Crippen LogP contribution in [0, 0.1) is 0 Å². The molecule has 0 saturated heterocycles. The Hall–Kier alpha value is 0.590. The second kappa shape index (κ2) is 3.12. The Kier molecular flexibility index (Phi) is 2.67. The van der Waals surface area contributed by atoms with Gasteiger partial charge in [-0.3, -0.25) is 0 Å². The van der Waals surface area contributed by atoms with Gasteiger partial charge in [0.25, 0.3) is 0 Å². The molecule has 0 aliphatic heterocycles. The third-order valence-electron chi connectivity index (χ3n) is 0.836. The van der Waals surface area contributed by atoms with Crippen LogP contribution in [0.15, 0.2) is 9.98 Å². The van der Waals surface area contributed by atoms with Crippen LogP contribution in [-0.2, 0) is 0 Å². The summed E-state index contributed by atoms with van der Waals surface area (Å²) in [6.45, 7) is 2.06. The van der Waals surface area contributed by atoms with Crippen molar-refractivity contribution in [2.75, 3.05) is 0 Å². The zero-order chi connectivity index (χ0) is 6.85. The highest BCUT2D eigenvalue weighted by Gasteiger charge is 2.03. The Morgan fingerprint density at radius 3 is 2.67 bits per heavy atom. The van der Waals surface area contributed by atoms with Crippen LogP contribution in [0.1, 0.15) is 16.8 Å². The number of hydrogen-bond donors (Lipinski definition) is 0. The lowest BCUT2D eigenvalue weighted by Crippen LogP contribution is -1.77. The van der Waals surface area contributed by atoms with Crippen LogP contribution in [0.2, 0.25) is 0 Å². The Bertz CT molecular complexity index is 197. The first-order chi connectivity index (χ1) is 4.20. The van der Waals surface area contributed by atoms with E-state index in [1.807, 2.05) is 6.20 Å². The van der Waals surface area contributed by atoms with Crippen molar-refractivity contribution in [1.82, 2.24) is 4.98 Å². The third kappa shape index (κ3) is 2.02. The van der Waals surface area contributed by atoms with E-state index in [1.54, 1.807) is 11.3 Å². The van der Waals surface area contributed by atoms with Gasteiger partial charge in [-0.05, 0) is 22.9 Å². The average molecular weight is 271 g/mol. The van der Waals surface area contributed by atoms with E-state index >= 15 is 0 Å². The van der Waals surface area contributed by atoms with Gasteiger partial charge < -0.3 is 0 Å². The molecular formula is C5H5Br2NS. The van der Waals surface area contributed by atoms with Gasteiger partial charge in [0.15, 0.2) is 0 Å². The molecule has 1 nitrogen and oxygen atoms in total. The first kappa shape index (κ1) is 7.69. The highest BCUT2D eigenvalue weighted by atomic mass is 79.9. The van der Waals surface area contributed by atoms with Gasteiger partial charge in [-0.1, -0.05) is 15.9 Å². The van der Waals surface area contributed by atoms with Crippen LogP contribution in [-0.4, -0.2) is 4.98 Å². The Balaban J connectivity index is 2.85. The molecule has 50 valence electrons. The lowest BCUT2D eigenvalue weighted by Gasteiger charge is -1.91. The molecule has 1 heterocycles. The Morgan fingerprint density at radius 2 is 2.44 bits per heavy atom. The van der Waals surface area contributed by atoms with Crippen molar-refractivity contribution in [1.29, 1.82) is 0 Å². The molecule has 1 atom stereocenters. The van der Waals surface area contributed by atoms with Gasteiger partial charge in [-0.25, -0.2) is 4.98 Å². The van der Waals surface area contributed by atoms with E-state index in [-0.39, 0.29) is 0 Å². The summed E-state index contributed by atoms with van der Waals surface area (Å²) in [5.74, 6) is 0. The first-order valence-electron chi connectivity index (χ1n) is 2.45. The lowest BCUT2D eigenvalue weighted by atomic mass is 10.5. The standard InChI is InChI=1S/C5H5Br2NS/c1-3(6)5-8-2-4(7)9-5/h2-3H,1H3. The molecular weight excluding hydrogens is 266 g/mol. The summed E-state index contributed by atoms with van der Waals surface area (Å²) in [7, 11) is 0. The van der Waals surface area contributed by atoms with Gasteiger partial charge in [0, 0.05) is 0 Å². The maximum Gasteiger partial charge on any atom is 0.107 e. The van der Waals surface area contributed by atoms with E-state index in [2.05, 4.69) is 43.8 Å². The number of aromatic nitrogens is 1. The van der Waals surface area contributed by atoms with Crippen molar-refractivity contribution < 1.29 is 0 Å². The van der Waals surface area contributed by atoms with Crippen molar-refractivity contribution in [3.8, 4) is 0 Å². The summed E-state index contributed by atoms with van der Waals surface area (Å²) in [5, 5.41) is 1.11. The molecule has 9 heavy (non-hydrogen) atoms. The predicted octanol–water partition coefficient (Wildman–Crippen LogP) is 3.36. The average Bonchev–Trinajstić information content (AvgIpc) is 2.14. The summed E-state index contributed by atoms with van der Waals surface area (Å²) in [6, 6.07) is 0. The fourth-order valence-corrected chi connectivity index (χ4v) is 2.02. The van der Waals surface area contributed by atoms with Crippen LogP contribution in [0.4, 0.5) is 0 Å². The number of thiazole rings is 1. The molecule has 0 aliphatic carbocycles.